The number of aromatic nitrogens is 1. The first kappa shape index (κ1) is 19.0. The van der Waals surface area contributed by atoms with E-state index in [9.17, 15) is 9.59 Å². The summed E-state index contributed by atoms with van der Waals surface area (Å²) < 4.78 is 5.78. The minimum absolute atomic E-state index is 0.00126. The lowest BCUT2D eigenvalue weighted by Gasteiger charge is -2.33. The number of oxazole rings is 1. The molecule has 29 heavy (non-hydrogen) atoms. The molecule has 0 saturated carbocycles. The minimum Gasteiger partial charge on any atom is -0.436 e. The predicted octanol–water partition coefficient (Wildman–Crippen LogP) is 3.83. The van der Waals surface area contributed by atoms with Crippen LogP contribution in [0, 0.1) is 5.92 Å². The summed E-state index contributed by atoms with van der Waals surface area (Å²) in [6.07, 6.45) is 1.35. The van der Waals surface area contributed by atoms with E-state index in [2.05, 4.69) is 10.3 Å². The zero-order valence-electron chi connectivity index (χ0n) is 16.6. The van der Waals surface area contributed by atoms with Gasteiger partial charge in [0, 0.05) is 44.4 Å². The molecule has 1 N–H and O–H groups in total. The van der Waals surface area contributed by atoms with Gasteiger partial charge in [-0.2, -0.15) is 0 Å². The highest BCUT2D eigenvalue weighted by Gasteiger charge is 2.28. The summed E-state index contributed by atoms with van der Waals surface area (Å²) in [5.74, 6) is 0.469. The molecular formula is C22H24N4O3. The van der Waals surface area contributed by atoms with Crippen LogP contribution in [0.4, 0.5) is 10.5 Å². The summed E-state index contributed by atoms with van der Waals surface area (Å²) in [5.41, 5.74) is 3.16. The molecule has 1 saturated heterocycles. The van der Waals surface area contributed by atoms with Gasteiger partial charge in [-0.25, -0.2) is 9.78 Å². The minimum atomic E-state index is -0.0853. The Hall–Kier alpha value is -3.35. The van der Waals surface area contributed by atoms with Crippen molar-refractivity contribution in [1.29, 1.82) is 0 Å². The Balaban J connectivity index is 1.36. The van der Waals surface area contributed by atoms with Gasteiger partial charge in [-0.05, 0) is 49.2 Å². The Bertz CT molecular complexity index is 985. The molecule has 0 bridgehead atoms. The number of likely N-dealkylation sites (tertiary alicyclic amines) is 1. The second-order valence-corrected chi connectivity index (χ2v) is 7.49. The van der Waals surface area contributed by atoms with Crippen molar-refractivity contribution < 1.29 is 14.0 Å². The van der Waals surface area contributed by atoms with Crippen LogP contribution in [0.25, 0.3) is 22.6 Å². The van der Waals surface area contributed by atoms with E-state index in [4.69, 9.17) is 4.42 Å². The van der Waals surface area contributed by atoms with Crippen molar-refractivity contribution in [1.82, 2.24) is 14.8 Å². The van der Waals surface area contributed by atoms with E-state index in [0.29, 0.717) is 31.8 Å². The van der Waals surface area contributed by atoms with Gasteiger partial charge in [0.1, 0.15) is 5.52 Å². The second kappa shape index (κ2) is 7.95. The third kappa shape index (κ3) is 4.08. The number of carbonyl (C=O) groups excluding carboxylic acids is 2. The topological polar surface area (TPSA) is 78.7 Å². The van der Waals surface area contributed by atoms with Crippen LogP contribution in [0.3, 0.4) is 0 Å². The first-order valence-electron chi connectivity index (χ1n) is 9.74. The molecule has 3 amide bonds. The summed E-state index contributed by atoms with van der Waals surface area (Å²) in [4.78, 5) is 32.5. The van der Waals surface area contributed by atoms with Crippen molar-refractivity contribution in [3.05, 3.63) is 48.5 Å². The average molecular weight is 392 g/mol. The number of nitrogens with one attached hydrogen (secondary N) is 1. The van der Waals surface area contributed by atoms with E-state index in [1.807, 2.05) is 48.5 Å². The third-order valence-corrected chi connectivity index (χ3v) is 5.21. The van der Waals surface area contributed by atoms with Crippen LogP contribution in [0.15, 0.2) is 52.9 Å². The van der Waals surface area contributed by atoms with Crippen molar-refractivity contribution in [2.75, 3.05) is 32.5 Å². The maximum atomic E-state index is 12.6. The van der Waals surface area contributed by atoms with Gasteiger partial charge in [0.25, 0.3) is 0 Å². The van der Waals surface area contributed by atoms with Gasteiger partial charge >= 0.3 is 6.03 Å². The lowest BCUT2D eigenvalue weighted by atomic mass is 9.96. The van der Waals surface area contributed by atoms with Gasteiger partial charge in [-0.3, -0.25) is 4.79 Å². The number of para-hydroxylation sites is 2. The number of rotatable bonds is 3. The van der Waals surface area contributed by atoms with Crippen molar-refractivity contribution in [2.45, 2.75) is 12.8 Å². The van der Waals surface area contributed by atoms with E-state index in [0.717, 1.165) is 22.4 Å². The van der Waals surface area contributed by atoms with Gasteiger partial charge in [0.2, 0.25) is 11.8 Å². The highest BCUT2D eigenvalue weighted by atomic mass is 16.3. The van der Waals surface area contributed by atoms with Crippen LogP contribution in [0.2, 0.25) is 0 Å². The Labute approximate surface area is 169 Å². The molecule has 1 aliphatic rings. The molecule has 0 unspecified atom stereocenters. The SMILES string of the molecule is CN(C)C(=O)N1CCC(C(=O)Nc2ccc(-c3nc4ccccc4o3)cc2)CC1. The number of carbonyl (C=O) groups is 2. The van der Waals surface area contributed by atoms with Gasteiger partial charge in [-0.1, -0.05) is 12.1 Å². The first-order chi connectivity index (χ1) is 14.0. The average Bonchev–Trinajstić information content (AvgIpc) is 3.18. The second-order valence-electron chi connectivity index (χ2n) is 7.49. The predicted molar refractivity (Wildman–Crippen MR) is 111 cm³/mol. The number of benzene rings is 2. The van der Waals surface area contributed by atoms with Gasteiger partial charge < -0.3 is 19.5 Å². The first-order valence-corrected chi connectivity index (χ1v) is 9.74. The zero-order chi connectivity index (χ0) is 20.4. The Morgan fingerprint density at radius 1 is 1.07 bits per heavy atom. The highest BCUT2D eigenvalue weighted by Crippen LogP contribution is 2.26. The molecule has 3 aromatic rings. The normalized spacial score (nSPS) is 14.8. The lowest BCUT2D eigenvalue weighted by Crippen LogP contribution is -2.45. The molecule has 4 rings (SSSR count). The summed E-state index contributed by atoms with van der Waals surface area (Å²) >= 11 is 0. The van der Waals surface area contributed by atoms with Crippen LogP contribution in [-0.2, 0) is 4.79 Å². The van der Waals surface area contributed by atoms with Crippen LogP contribution < -0.4 is 5.32 Å². The lowest BCUT2D eigenvalue weighted by molar-refractivity contribution is -0.121. The smallest absolute Gasteiger partial charge is 0.319 e. The Morgan fingerprint density at radius 2 is 1.76 bits per heavy atom. The van der Waals surface area contributed by atoms with E-state index < -0.39 is 0 Å². The Morgan fingerprint density at radius 3 is 2.41 bits per heavy atom. The highest BCUT2D eigenvalue weighted by molar-refractivity contribution is 5.93. The summed E-state index contributed by atoms with van der Waals surface area (Å²) in [6.45, 7) is 1.21. The molecule has 0 atom stereocenters. The van der Waals surface area contributed by atoms with Crippen molar-refractivity contribution in [2.24, 2.45) is 5.92 Å². The third-order valence-electron chi connectivity index (χ3n) is 5.21. The molecule has 7 nitrogen and oxygen atoms in total. The molecule has 0 spiro atoms. The molecule has 2 heterocycles. The molecule has 150 valence electrons. The molecule has 1 aliphatic heterocycles. The Kier molecular flexibility index (Phi) is 5.20. The maximum absolute atomic E-state index is 12.6. The van der Waals surface area contributed by atoms with Crippen LogP contribution >= 0.6 is 0 Å². The summed E-state index contributed by atoms with van der Waals surface area (Å²) in [7, 11) is 3.48. The number of hydrogen-bond donors (Lipinski definition) is 1. The molecular weight excluding hydrogens is 368 g/mol. The zero-order valence-corrected chi connectivity index (χ0v) is 16.6. The standard InChI is InChI=1S/C22H24N4O3/c1-25(2)22(28)26-13-11-15(12-14-26)20(27)23-17-9-7-16(8-10-17)21-24-18-5-3-4-6-19(18)29-21/h3-10,15H,11-14H2,1-2H3,(H,23,27). The fraction of sp³-hybridized carbons (Fsp3) is 0.318. The van der Waals surface area contributed by atoms with Crippen molar-refractivity contribution >= 4 is 28.7 Å². The number of amides is 3. The number of anilines is 1. The van der Waals surface area contributed by atoms with E-state index in [1.54, 1.807) is 23.9 Å². The van der Waals surface area contributed by atoms with E-state index >= 15 is 0 Å². The number of nitrogens with zero attached hydrogens (tertiary/aromatic N) is 3. The number of piperidine rings is 1. The molecule has 1 aromatic heterocycles. The number of urea groups is 1. The van der Waals surface area contributed by atoms with Crippen LogP contribution in [0.1, 0.15) is 12.8 Å². The van der Waals surface area contributed by atoms with Crippen LogP contribution in [0.5, 0.6) is 0 Å². The summed E-state index contributed by atoms with van der Waals surface area (Å²) in [6, 6.07) is 15.1. The van der Waals surface area contributed by atoms with Crippen molar-refractivity contribution in [3.8, 4) is 11.5 Å². The van der Waals surface area contributed by atoms with Gasteiger partial charge in [0.15, 0.2) is 5.58 Å². The molecule has 1 fully saturated rings. The monoisotopic (exact) mass is 392 g/mol. The molecule has 2 aromatic carbocycles. The number of fused-ring (bicyclic) bond motifs is 1. The largest absolute Gasteiger partial charge is 0.436 e. The van der Waals surface area contributed by atoms with Gasteiger partial charge in [-0.15, -0.1) is 0 Å². The fourth-order valence-corrected chi connectivity index (χ4v) is 3.55. The van der Waals surface area contributed by atoms with Gasteiger partial charge in [0.05, 0.1) is 0 Å². The van der Waals surface area contributed by atoms with Crippen molar-refractivity contribution in [3.63, 3.8) is 0 Å². The maximum Gasteiger partial charge on any atom is 0.319 e. The van der Waals surface area contributed by atoms with E-state index in [-0.39, 0.29) is 17.9 Å². The molecule has 7 heteroatoms. The van der Waals surface area contributed by atoms with Crippen LogP contribution in [-0.4, -0.2) is 53.9 Å². The van der Waals surface area contributed by atoms with E-state index in [1.165, 1.54) is 0 Å². The summed E-state index contributed by atoms with van der Waals surface area (Å²) in [5, 5.41) is 2.98. The number of hydrogen-bond acceptors (Lipinski definition) is 4. The molecule has 0 aliphatic carbocycles. The quantitative estimate of drug-likeness (QED) is 0.735. The molecule has 0 radical (unpaired) electrons. The fourth-order valence-electron chi connectivity index (χ4n) is 3.55.